The Bertz CT molecular complexity index is 860. The molecule has 0 aliphatic rings. The van der Waals surface area contributed by atoms with Crippen LogP contribution in [0.1, 0.15) is 0 Å². The molecule has 8 nitrogen and oxygen atoms in total. The minimum Gasteiger partial charge on any atom is -0.447 e. The van der Waals surface area contributed by atoms with Crippen LogP contribution in [0, 0.1) is 10.1 Å². The predicted molar refractivity (Wildman–Crippen MR) is 69.6 cm³/mol. The highest BCUT2D eigenvalue weighted by Gasteiger charge is 2.47. The lowest BCUT2D eigenvalue weighted by atomic mass is 10.3. The van der Waals surface area contributed by atoms with Crippen molar-refractivity contribution in [1.82, 2.24) is 9.78 Å². The number of halogens is 3. The summed E-state index contributed by atoms with van der Waals surface area (Å²) in [7, 11) is -4.14. The Morgan fingerprint density at radius 1 is 1.35 bits per heavy atom. The van der Waals surface area contributed by atoms with E-state index >= 15 is 0 Å². The van der Waals surface area contributed by atoms with E-state index in [-0.39, 0.29) is 5.75 Å². The summed E-state index contributed by atoms with van der Waals surface area (Å²) in [5, 5.41) is 14.7. The Morgan fingerprint density at radius 2 is 2.00 bits per heavy atom. The Kier molecular flexibility index (Phi) is 4.03. The monoisotopic (exact) mass is 351 g/mol. The fourth-order valence-electron chi connectivity index (χ4n) is 1.61. The first-order valence-corrected chi connectivity index (χ1v) is 7.27. The van der Waals surface area contributed by atoms with Gasteiger partial charge in [0.1, 0.15) is 0 Å². The van der Waals surface area contributed by atoms with Crippen molar-refractivity contribution in [3.63, 3.8) is 0 Å². The summed E-state index contributed by atoms with van der Waals surface area (Å²) < 4.78 is 66.6. The van der Waals surface area contributed by atoms with Gasteiger partial charge in [0, 0.05) is 13.1 Å². The molecule has 0 fully saturated rings. The summed E-state index contributed by atoms with van der Waals surface area (Å²) >= 11 is 0. The highest BCUT2D eigenvalue weighted by atomic mass is 32.2. The lowest BCUT2D eigenvalue weighted by Gasteiger charge is -2.09. The average molecular weight is 351 g/mol. The second kappa shape index (κ2) is 5.53. The SMILES string of the molecule is Cn1cc(Oc2ccc(S(=O)(=O)C(F)(F)F)cc2[N+](=O)[O-])cn1. The Morgan fingerprint density at radius 3 is 2.48 bits per heavy atom. The van der Waals surface area contributed by atoms with Crippen molar-refractivity contribution in [2.45, 2.75) is 10.4 Å². The third kappa shape index (κ3) is 3.26. The number of hydrogen-bond donors (Lipinski definition) is 0. The van der Waals surface area contributed by atoms with Gasteiger partial charge in [0.2, 0.25) is 5.75 Å². The molecule has 0 bridgehead atoms. The molecule has 0 amide bonds. The maximum Gasteiger partial charge on any atom is 0.501 e. The molecule has 2 rings (SSSR count). The van der Waals surface area contributed by atoms with Crippen molar-refractivity contribution in [2.75, 3.05) is 0 Å². The molecular formula is C11H8F3N3O5S. The van der Waals surface area contributed by atoms with Gasteiger partial charge in [-0.2, -0.15) is 18.3 Å². The van der Waals surface area contributed by atoms with Crippen LogP contribution in [0.15, 0.2) is 35.5 Å². The summed E-state index contributed by atoms with van der Waals surface area (Å²) in [6.07, 6.45) is 2.59. The Labute approximate surface area is 127 Å². The van der Waals surface area contributed by atoms with Gasteiger partial charge in [-0.25, -0.2) is 8.42 Å². The number of aryl methyl sites for hydroxylation is 1. The zero-order chi connectivity index (χ0) is 17.4. The maximum atomic E-state index is 12.5. The van der Waals surface area contributed by atoms with Crippen molar-refractivity contribution in [1.29, 1.82) is 0 Å². The fourth-order valence-corrected chi connectivity index (χ4v) is 2.39. The van der Waals surface area contributed by atoms with Crippen LogP contribution in [0.2, 0.25) is 0 Å². The van der Waals surface area contributed by atoms with Gasteiger partial charge in [0.05, 0.1) is 22.2 Å². The van der Waals surface area contributed by atoms with E-state index in [2.05, 4.69) is 5.10 Å². The summed E-state index contributed by atoms with van der Waals surface area (Å²) in [6, 6.07) is 1.67. The van der Waals surface area contributed by atoms with E-state index in [0.717, 1.165) is 6.07 Å². The van der Waals surface area contributed by atoms with Crippen molar-refractivity contribution in [3.8, 4) is 11.5 Å². The van der Waals surface area contributed by atoms with Crippen molar-refractivity contribution >= 4 is 15.5 Å². The predicted octanol–water partition coefficient (Wildman–Crippen LogP) is 2.41. The van der Waals surface area contributed by atoms with Gasteiger partial charge in [0.25, 0.3) is 9.84 Å². The molecule has 1 aromatic heterocycles. The van der Waals surface area contributed by atoms with Crippen molar-refractivity contribution in [2.24, 2.45) is 7.05 Å². The van der Waals surface area contributed by atoms with Crippen molar-refractivity contribution < 1.29 is 31.2 Å². The molecule has 12 heteroatoms. The number of nitro groups is 1. The number of aromatic nitrogens is 2. The second-order valence-electron chi connectivity index (χ2n) is 4.29. The minimum absolute atomic E-state index is 0.0991. The number of alkyl halides is 3. The van der Waals surface area contributed by atoms with Gasteiger partial charge < -0.3 is 4.74 Å². The molecule has 0 radical (unpaired) electrons. The first-order chi connectivity index (χ1) is 10.5. The summed E-state index contributed by atoms with van der Waals surface area (Å²) in [5.74, 6) is -0.314. The highest BCUT2D eigenvalue weighted by Crippen LogP contribution is 2.37. The van der Waals surface area contributed by atoms with E-state index in [1.54, 1.807) is 7.05 Å². The molecule has 2 aromatic rings. The number of sulfone groups is 1. The van der Waals surface area contributed by atoms with E-state index < -0.39 is 36.6 Å². The van der Waals surface area contributed by atoms with Gasteiger partial charge in [-0.05, 0) is 12.1 Å². The van der Waals surface area contributed by atoms with Crippen LogP contribution >= 0.6 is 0 Å². The standard InChI is InChI=1S/C11H8F3N3O5S/c1-16-6-7(5-15-16)22-10-3-2-8(4-9(10)17(18)19)23(20,21)11(12,13)14/h2-6H,1H3. The summed E-state index contributed by atoms with van der Waals surface area (Å²) in [5.41, 5.74) is -6.48. The van der Waals surface area contributed by atoms with Crippen LogP contribution in [0.5, 0.6) is 11.5 Å². The zero-order valence-corrected chi connectivity index (χ0v) is 12.1. The maximum absolute atomic E-state index is 12.5. The molecule has 0 aliphatic carbocycles. The van der Waals surface area contributed by atoms with Gasteiger partial charge in [-0.3, -0.25) is 14.8 Å². The molecular weight excluding hydrogens is 343 g/mol. The lowest BCUT2D eigenvalue weighted by Crippen LogP contribution is -2.23. The highest BCUT2D eigenvalue weighted by molar-refractivity contribution is 7.92. The van der Waals surface area contributed by atoms with Gasteiger partial charge in [-0.1, -0.05) is 0 Å². The summed E-state index contributed by atoms with van der Waals surface area (Å²) in [6.45, 7) is 0. The van der Waals surface area contributed by atoms with E-state index in [0.29, 0.717) is 12.1 Å². The van der Waals surface area contributed by atoms with Gasteiger partial charge in [0.15, 0.2) is 5.75 Å². The molecule has 0 saturated carbocycles. The topological polar surface area (TPSA) is 104 Å². The average Bonchev–Trinajstić information content (AvgIpc) is 2.82. The number of ether oxygens (including phenoxy) is 1. The molecule has 1 aromatic carbocycles. The third-order valence-electron chi connectivity index (χ3n) is 2.65. The minimum atomic E-state index is -5.69. The third-order valence-corrected chi connectivity index (χ3v) is 4.14. The second-order valence-corrected chi connectivity index (χ2v) is 6.23. The quantitative estimate of drug-likeness (QED) is 0.619. The van der Waals surface area contributed by atoms with Gasteiger partial charge >= 0.3 is 11.2 Å². The van der Waals surface area contributed by atoms with E-state index in [1.165, 1.54) is 17.1 Å². The first-order valence-electron chi connectivity index (χ1n) is 5.78. The normalized spacial score (nSPS) is 12.2. The molecule has 0 atom stereocenters. The van der Waals surface area contributed by atoms with Crippen LogP contribution in [-0.4, -0.2) is 28.6 Å². The van der Waals surface area contributed by atoms with Crippen molar-refractivity contribution in [3.05, 3.63) is 40.7 Å². The molecule has 0 saturated heterocycles. The van der Waals surface area contributed by atoms with Crippen LogP contribution in [0.4, 0.5) is 18.9 Å². The molecule has 0 spiro atoms. The zero-order valence-electron chi connectivity index (χ0n) is 11.3. The van der Waals surface area contributed by atoms with Crippen LogP contribution < -0.4 is 4.74 Å². The van der Waals surface area contributed by atoms with E-state index in [4.69, 9.17) is 4.74 Å². The molecule has 0 aliphatic heterocycles. The number of nitrogens with zero attached hydrogens (tertiary/aromatic N) is 3. The molecule has 124 valence electrons. The molecule has 0 N–H and O–H groups in total. The molecule has 23 heavy (non-hydrogen) atoms. The number of rotatable bonds is 4. The fraction of sp³-hybridized carbons (Fsp3) is 0.182. The molecule has 1 heterocycles. The molecule has 0 unspecified atom stereocenters. The smallest absolute Gasteiger partial charge is 0.447 e. The summed E-state index contributed by atoms with van der Waals surface area (Å²) in [4.78, 5) is 8.69. The number of nitro benzene ring substituents is 1. The Balaban J connectivity index is 2.49. The van der Waals surface area contributed by atoms with E-state index in [1.807, 2.05) is 0 Å². The van der Waals surface area contributed by atoms with Crippen LogP contribution in [0.3, 0.4) is 0 Å². The number of hydrogen-bond acceptors (Lipinski definition) is 6. The number of benzene rings is 1. The lowest BCUT2D eigenvalue weighted by molar-refractivity contribution is -0.385. The van der Waals surface area contributed by atoms with E-state index in [9.17, 15) is 31.7 Å². The van der Waals surface area contributed by atoms with Crippen LogP contribution in [-0.2, 0) is 16.9 Å². The Hall–Kier alpha value is -2.63. The largest absolute Gasteiger partial charge is 0.501 e. The van der Waals surface area contributed by atoms with Gasteiger partial charge in [-0.15, -0.1) is 0 Å². The first kappa shape index (κ1) is 16.7. The van der Waals surface area contributed by atoms with Crippen LogP contribution in [0.25, 0.3) is 0 Å².